The number of hydrogen-bond donors (Lipinski definition) is 0. The summed E-state index contributed by atoms with van der Waals surface area (Å²) in [6.07, 6.45) is 0. The van der Waals surface area contributed by atoms with Crippen molar-refractivity contribution in [3.8, 4) is 11.5 Å². The minimum Gasteiger partial charge on any atom is -0.448 e. The number of rotatable bonds is 4. The zero-order chi connectivity index (χ0) is 14.7. The molecule has 0 spiro atoms. The van der Waals surface area contributed by atoms with E-state index >= 15 is 0 Å². The van der Waals surface area contributed by atoms with Crippen molar-refractivity contribution in [2.75, 3.05) is 0 Å². The molecule has 0 saturated carbocycles. The number of aryl methyl sites for hydroxylation is 1. The molecule has 2 rings (SSSR count). The Morgan fingerprint density at radius 1 is 1.20 bits per heavy atom. The van der Waals surface area contributed by atoms with Crippen LogP contribution in [0.25, 0.3) is 0 Å². The van der Waals surface area contributed by atoms with Crippen LogP contribution in [0, 0.1) is 17.0 Å². The van der Waals surface area contributed by atoms with Gasteiger partial charge in [-0.25, -0.2) is 0 Å². The topological polar surface area (TPSA) is 52.4 Å². The maximum absolute atomic E-state index is 11.1. The number of para-hydroxylation sites is 2. The van der Waals surface area contributed by atoms with E-state index in [0.29, 0.717) is 21.9 Å². The molecule has 4 nitrogen and oxygen atoms in total. The van der Waals surface area contributed by atoms with Crippen molar-refractivity contribution in [3.63, 3.8) is 0 Å². The predicted molar refractivity (Wildman–Crippen MR) is 78.9 cm³/mol. The van der Waals surface area contributed by atoms with Gasteiger partial charge in [-0.2, -0.15) is 0 Å². The lowest BCUT2D eigenvalue weighted by molar-refractivity contribution is -0.385. The van der Waals surface area contributed by atoms with Crippen molar-refractivity contribution in [2.24, 2.45) is 0 Å². The summed E-state index contributed by atoms with van der Waals surface area (Å²) in [4.78, 5) is 10.6. The van der Waals surface area contributed by atoms with E-state index in [-0.39, 0.29) is 17.3 Å². The molecule has 20 heavy (non-hydrogen) atoms. The summed E-state index contributed by atoms with van der Waals surface area (Å²) < 4.78 is 5.70. The Labute approximate surface area is 126 Å². The molecule has 0 radical (unpaired) electrons. The lowest BCUT2D eigenvalue weighted by Crippen LogP contribution is -1.97. The van der Waals surface area contributed by atoms with Crippen LogP contribution in [-0.4, -0.2) is 4.92 Å². The van der Waals surface area contributed by atoms with Crippen molar-refractivity contribution < 1.29 is 9.66 Å². The molecule has 0 N–H and O–H groups in total. The molecular weight excluding hydrogens is 301 g/mol. The average molecular weight is 312 g/mol. The van der Waals surface area contributed by atoms with Gasteiger partial charge < -0.3 is 4.74 Å². The molecule has 0 aromatic heterocycles. The lowest BCUT2D eigenvalue weighted by atomic mass is 10.2. The largest absolute Gasteiger partial charge is 0.448 e. The van der Waals surface area contributed by atoms with Gasteiger partial charge in [0.1, 0.15) is 0 Å². The van der Waals surface area contributed by atoms with Crippen molar-refractivity contribution in [2.45, 2.75) is 12.8 Å². The van der Waals surface area contributed by atoms with Crippen molar-refractivity contribution in [3.05, 3.63) is 62.7 Å². The zero-order valence-corrected chi connectivity index (χ0v) is 12.1. The van der Waals surface area contributed by atoms with Crippen LogP contribution in [0.2, 0.25) is 5.02 Å². The molecule has 0 heterocycles. The normalized spacial score (nSPS) is 10.3. The fraction of sp³-hybridized carbons (Fsp3) is 0.143. The van der Waals surface area contributed by atoms with Gasteiger partial charge in [0.05, 0.1) is 15.8 Å². The SMILES string of the molecule is Cc1cccc([N+](=O)[O-])c1Oc1c(Cl)cccc1CCl. The molecule has 2 aromatic rings. The highest BCUT2D eigenvalue weighted by Gasteiger charge is 2.20. The summed E-state index contributed by atoms with van der Waals surface area (Å²) in [6, 6.07) is 9.89. The molecule has 0 bridgehead atoms. The fourth-order valence-corrected chi connectivity index (χ4v) is 2.23. The molecule has 104 valence electrons. The van der Waals surface area contributed by atoms with Crippen LogP contribution in [0.1, 0.15) is 11.1 Å². The zero-order valence-electron chi connectivity index (χ0n) is 10.6. The Morgan fingerprint density at radius 2 is 1.90 bits per heavy atom. The molecule has 0 saturated heterocycles. The molecule has 0 fully saturated rings. The van der Waals surface area contributed by atoms with Crippen LogP contribution in [0.15, 0.2) is 36.4 Å². The first-order valence-corrected chi connectivity index (χ1v) is 6.71. The number of nitro benzene ring substituents is 1. The maximum Gasteiger partial charge on any atom is 0.311 e. The highest BCUT2D eigenvalue weighted by Crippen LogP contribution is 2.39. The maximum atomic E-state index is 11.1. The minimum absolute atomic E-state index is 0.106. The van der Waals surface area contributed by atoms with Crippen LogP contribution in [0.5, 0.6) is 11.5 Å². The second-order valence-corrected chi connectivity index (χ2v) is 4.82. The van der Waals surface area contributed by atoms with Crippen LogP contribution in [0.3, 0.4) is 0 Å². The first-order valence-electron chi connectivity index (χ1n) is 5.79. The van der Waals surface area contributed by atoms with E-state index in [9.17, 15) is 10.1 Å². The third-order valence-corrected chi connectivity index (χ3v) is 3.37. The fourth-order valence-electron chi connectivity index (χ4n) is 1.79. The number of benzene rings is 2. The smallest absolute Gasteiger partial charge is 0.311 e. The number of hydrogen-bond acceptors (Lipinski definition) is 3. The van der Waals surface area contributed by atoms with Gasteiger partial charge >= 0.3 is 5.69 Å². The molecule has 0 unspecified atom stereocenters. The number of halogens is 2. The third kappa shape index (κ3) is 2.86. The summed E-state index contributed by atoms with van der Waals surface area (Å²) in [6.45, 7) is 1.74. The van der Waals surface area contributed by atoms with E-state index in [0.717, 1.165) is 0 Å². The Bertz CT molecular complexity index is 659. The van der Waals surface area contributed by atoms with Gasteiger partial charge in [0.25, 0.3) is 0 Å². The molecule has 2 aromatic carbocycles. The van der Waals surface area contributed by atoms with E-state index in [1.165, 1.54) is 6.07 Å². The molecule has 0 atom stereocenters. The first-order chi connectivity index (χ1) is 9.54. The summed E-state index contributed by atoms with van der Waals surface area (Å²) >= 11 is 11.9. The number of nitro groups is 1. The number of nitrogens with zero attached hydrogens (tertiary/aromatic N) is 1. The van der Waals surface area contributed by atoms with E-state index in [1.807, 2.05) is 0 Å². The molecule has 0 amide bonds. The van der Waals surface area contributed by atoms with Gasteiger partial charge in [0, 0.05) is 11.6 Å². The second-order valence-electron chi connectivity index (χ2n) is 4.14. The third-order valence-electron chi connectivity index (χ3n) is 2.78. The summed E-state index contributed by atoms with van der Waals surface area (Å²) in [7, 11) is 0. The van der Waals surface area contributed by atoms with Gasteiger partial charge in [-0.05, 0) is 18.6 Å². The molecule has 6 heteroatoms. The highest BCUT2D eigenvalue weighted by molar-refractivity contribution is 6.32. The van der Waals surface area contributed by atoms with Gasteiger partial charge in [0.2, 0.25) is 5.75 Å². The Hall–Kier alpha value is -1.78. The van der Waals surface area contributed by atoms with Crippen molar-refractivity contribution in [1.82, 2.24) is 0 Å². The summed E-state index contributed by atoms with van der Waals surface area (Å²) in [5.74, 6) is 0.730. The molecule has 0 aliphatic carbocycles. The lowest BCUT2D eigenvalue weighted by Gasteiger charge is -2.13. The van der Waals surface area contributed by atoms with Crippen LogP contribution in [-0.2, 0) is 5.88 Å². The molecule has 0 aliphatic rings. The predicted octanol–water partition coefficient (Wildman–Crippen LogP) is 5.09. The van der Waals surface area contributed by atoms with Crippen molar-refractivity contribution >= 4 is 28.9 Å². The van der Waals surface area contributed by atoms with E-state index < -0.39 is 4.92 Å². The minimum atomic E-state index is -0.487. The van der Waals surface area contributed by atoms with E-state index in [2.05, 4.69) is 0 Å². The first kappa shape index (κ1) is 14.6. The average Bonchev–Trinajstić information content (AvgIpc) is 2.42. The number of ether oxygens (including phenoxy) is 1. The second kappa shape index (κ2) is 6.11. The van der Waals surface area contributed by atoms with E-state index in [4.69, 9.17) is 27.9 Å². The van der Waals surface area contributed by atoms with Gasteiger partial charge in [0.15, 0.2) is 5.75 Å². The Kier molecular flexibility index (Phi) is 4.47. The van der Waals surface area contributed by atoms with Crippen molar-refractivity contribution in [1.29, 1.82) is 0 Å². The summed E-state index contributed by atoms with van der Waals surface area (Å²) in [5, 5.41) is 11.4. The van der Waals surface area contributed by atoms with Gasteiger partial charge in [-0.1, -0.05) is 35.9 Å². The standard InChI is InChI=1S/C14H11Cl2NO3/c1-9-4-2-7-12(17(18)19)13(9)20-14-10(8-15)5-3-6-11(14)16/h2-7H,8H2,1H3. The Balaban J connectivity index is 2.53. The highest BCUT2D eigenvalue weighted by atomic mass is 35.5. The summed E-state index contributed by atoms with van der Waals surface area (Å²) in [5.41, 5.74) is 1.22. The van der Waals surface area contributed by atoms with Crippen LogP contribution >= 0.6 is 23.2 Å². The van der Waals surface area contributed by atoms with Crippen LogP contribution in [0.4, 0.5) is 5.69 Å². The molecule has 0 aliphatic heterocycles. The van der Waals surface area contributed by atoms with Gasteiger partial charge in [-0.15, -0.1) is 11.6 Å². The van der Waals surface area contributed by atoms with Gasteiger partial charge in [-0.3, -0.25) is 10.1 Å². The van der Waals surface area contributed by atoms with Crippen LogP contribution < -0.4 is 4.74 Å². The monoisotopic (exact) mass is 311 g/mol. The quantitative estimate of drug-likeness (QED) is 0.449. The van der Waals surface area contributed by atoms with E-state index in [1.54, 1.807) is 37.3 Å². The number of alkyl halides is 1. The Morgan fingerprint density at radius 3 is 2.55 bits per heavy atom. The molecular formula is C14H11Cl2NO3.